The molecule has 4 bridgehead atoms. The van der Waals surface area contributed by atoms with Gasteiger partial charge >= 0.3 is 0 Å². The van der Waals surface area contributed by atoms with Gasteiger partial charge in [0.1, 0.15) is 0 Å². The van der Waals surface area contributed by atoms with Gasteiger partial charge in [-0.25, -0.2) is 0 Å². The standard InChI is InChI=1S/C16H29N/c1-4-5-13(17)16-8-12-6-14(2,10-16)9-15(3,7-12)11-16/h12-13H,4-11,17H2,1-3H3/t12?,13-,14?,15?,16?/m0/s1. The summed E-state index contributed by atoms with van der Waals surface area (Å²) in [5.74, 6) is 0.990. The molecule has 17 heavy (non-hydrogen) atoms. The first-order chi connectivity index (χ1) is 7.89. The highest BCUT2D eigenvalue weighted by Gasteiger charge is 2.61. The summed E-state index contributed by atoms with van der Waals surface area (Å²) >= 11 is 0. The Morgan fingerprint density at radius 3 is 2.12 bits per heavy atom. The number of hydrogen-bond acceptors (Lipinski definition) is 1. The SMILES string of the molecule is CCC[C@H](N)C12CC3CC(C)(CC(C)(C3)C1)C2. The molecule has 0 amide bonds. The van der Waals surface area contributed by atoms with Crippen LogP contribution in [0.3, 0.4) is 0 Å². The van der Waals surface area contributed by atoms with Gasteiger partial charge in [-0.15, -0.1) is 0 Å². The van der Waals surface area contributed by atoms with Crippen molar-refractivity contribution in [2.24, 2.45) is 27.9 Å². The lowest BCUT2D eigenvalue weighted by atomic mass is 9.39. The molecule has 0 heterocycles. The summed E-state index contributed by atoms with van der Waals surface area (Å²) in [4.78, 5) is 0. The zero-order valence-electron chi connectivity index (χ0n) is 11.9. The van der Waals surface area contributed by atoms with Gasteiger partial charge < -0.3 is 5.73 Å². The molecule has 0 saturated heterocycles. The van der Waals surface area contributed by atoms with Crippen molar-refractivity contribution in [3.63, 3.8) is 0 Å². The average Bonchev–Trinajstić information content (AvgIpc) is 2.11. The minimum Gasteiger partial charge on any atom is -0.327 e. The second-order valence-corrected chi connectivity index (χ2v) is 8.39. The topological polar surface area (TPSA) is 26.0 Å². The van der Waals surface area contributed by atoms with Crippen LogP contribution in [0.2, 0.25) is 0 Å². The monoisotopic (exact) mass is 235 g/mol. The lowest BCUT2D eigenvalue weighted by Crippen LogP contribution is -2.60. The number of nitrogens with two attached hydrogens (primary N) is 1. The van der Waals surface area contributed by atoms with Crippen LogP contribution in [0.5, 0.6) is 0 Å². The predicted molar refractivity (Wildman–Crippen MR) is 72.7 cm³/mol. The third-order valence-electron chi connectivity index (χ3n) is 6.06. The molecule has 0 aromatic rings. The van der Waals surface area contributed by atoms with Crippen LogP contribution in [0.15, 0.2) is 0 Å². The molecule has 4 saturated carbocycles. The summed E-state index contributed by atoms with van der Waals surface area (Å²) in [5.41, 5.74) is 8.36. The summed E-state index contributed by atoms with van der Waals surface area (Å²) in [6.07, 6.45) is 11.2. The molecule has 0 spiro atoms. The molecule has 0 aromatic carbocycles. The van der Waals surface area contributed by atoms with E-state index in [2.05, 4.69) is 20.8 Å². The number of rotatable bonds is 3. The molecule has 4 rings (SSSR count). The minimum absolute atomic E-state index is 0.467. The van der Waals surface area contributed by atoms with Crippen molar-refractivity contribution >= 4 is 0 Å². The highest BCUT2D eigenvalue weighted by molar-refractivity contribution is 5.12. The van der Waals surface area contributed by atoms with E-state index in [-0.39, 0.29) is 0 Å². The summed E-state index contributed by atoms with van der Waals surface area (Å²) in [6, 6.07) is 0.467. The van der Waals surface area contributed by atoms with E-state index in [4.69, 9.17) is 5.73 Å². The molecule has 0 radical (unpaired) electrons. The summed E-state index contributed by atoms with van der Waals surface area (Å²) in [5, 5.41) is 0. The Morgan fingerprint density at radius 2 is 1.65 bits per heavy atom. The summed E-state index contributed by atoms with van der Waals surface area (Å²) < 4.78 is 0. The molecule has 4 aliphatic rings. The maximum atomic E-state index is 6.60. The molecular weight excluding hydrogens is 206 g/mol. The van der Waals surface area contributed by atoms with Gasteiger partial charge in [0.15, 0.2) is 0 Å². The van der Waals surface area contributed by atoms with Crippen molar-refractivity contribution < 1.29 is 0 Å². The van der Waals surface area contributed by atoms with E-state index in [0.717, 1.165) is 5.92 Å². The lowest BCUT2D eigenvalue weighted by Gasteiger charge is -2.67. The van der Waals surface area contributed by atoms with Crippen LogP contribution in [0.25, 0.3) is 0 Å². The van der Waals surface area contributed by atoms with Gasteiger partial charge in [0.25, 0.3) is 0 Å². The molecule has 0 aromatic heterocycles. The minimum atomic E-state index is 0.467. The van der Waals surface area contributed by atoms with Crippen molar-refractivity contribution in [1.29, 1.82) is 0 Å². The van der Waals surface area contributed by atoms with E-state index >= 15 is 0 Å². The molecule has 1 heteroatoms. The normalized spacial score (nSPS) is 54.0. The summed E-state index contributed by atoms with van der Waals surface area (Å²) in [7, 11) is 0. The van der Waals surface area contributed by atoms with Crippen LogP contribution < -0.4 is 5.73 Å². The van der Waals surface area contributed by atoms with Crippen molar-refractivity contribution in [2.45, 2.75) is 78.2 Å². The molecule has 2 unspecified atom stereocenters. The van der Waals surface area contributed by atoms with Crippen LogP contribution in [0.1, 0.15) is 72.1 Å². The Labute approximate surface area is 107 Å². The first-order valence-corrected chi connectivity index (χ1v) is 7.64. The van der Waals surface area contributed by atoms with Gasteiger partial charge in [0.05, 0.1) is 0 Å². The van der Waals surface area contributed by atoms with Crippen LogP contribution in [0.4, 0.5) is 0 Å². The molecule has 0 aliphatic heterocycles. The third kappa shape index (κ3) is 1.77. The smallest absolute Gasteiger partial charge is 0.00959 e. The quantitative estimate of drug-likeness (QED) is 0.782. The second-order valence-electron chi connectivity index (χ2n) is 8.39. The predicted octanol–water partition coefficient (Wildman–Crippen LogP) is 4.11. The van der Waals surface area contributed by atoms with E-state index in [9.17, 15) is 0 Å². The fourth-order valence-electron chi connectivity index (χ4n) is 6.57. The second kappa shape index (κ2) is 3.50. The summed E-state index contributed by atoms with van der Waals surface area (Å²) in [6.45, 7) is 7.37. The van der Waals surface area contributed by atoms with Crippen molar-refractivity contribution in [3.8, 4) is 0 Å². The van der Waals surface area contributed by atoms with E-state index in [1.807, 2.05) is 0 Å². The fraction of sp³-hybridized carbons (Fsp3) is 1.00. The van der Waals surface area contributed by atoms with E-state index in [1.165, 1.54) is 51.4 Å². The molecule has 1 nitrogen and oxygen atoms in total. The van der Waals surface area contributed by atoms with Gasteiger partial charge in [-0.1, -0.05) is 27.2 Å². The van der Waals surface area contributed by atoms with Crippen LogP contribution >= 0.6 is 0 Å². The zero-order chi connectivity index (χ0) is 12.3. The van der Waals surface area contributed by atoms with E-state index in [1.54, 1.807) is 0 Å². The average molecular weight is 235 g/mol. The molecule has 4 fully saturated rings. The van der Waals surface area contributed by atoms with E-state index in [0.29, 0.717) is 22.3 Å². The Hall–Kier alpha value is -0.0400. The van der Waals surface area contributed by atoms with Gasteiger partial charge in [0, 0.05) is 6.04 Å². The Bertz CT molecular complexity index is 303. The molecule has 4 aliphatic carbocycles. The van der Waals surface area contributed by atoms with Gasteiger partial charge in [0.2, 0.25) is 0 Å². The van der Waals surface area contributed by atoms with Crippen LogP contribution in [-0.2, 0) is 0 Å². The Morgan fingerprint density at radius 1 is 1.06 bits per heavy atom. The largest absolute Gasteiger partial charge is 0.327 e. The third-order valence-corrected chi connectivity index (χ3v) is 6.06. The molecule has 98 valence electrons. The van der Waals surface area contributed by atoms with Crippen molar-refractivity contribution in [3.05, 3.63) is 0 Å². The molecule has 3 atom stereocenters. The maximum Gasteiger partial charge on any atom is 0.00959 e. The van der Waals surface area contributed by atoms with Crippen molar-refractivity contribution in [2.75, 3.05) is 0 Å². The van der Waals surface area contributed by atoms with Gasteiger partial charge in [-0.05, 0) is 67.1 Å². The number of hydrogen-bond donors (Lipinski definition) is 1. The zero-order valence-corrected chi connectivity index (χ0v) is 11.9. The highest BCUT2D eigenvalue weighted by Crippen LogP contribution is 2.70. The van der Waals surface area contributed by atoms with Crippen LogP contribution in [-0.4, -0.2) is 6.04 Å². The fourth-order valence-corrected chi connectivity index (χ4v) is 6.57. The van der Waals surface area contributed by atoms with Crippen molar-refractivity contribution in [1.82, 2.24) is 0 Å². The first-order valence-electron chi connectivity index (χ1n) is 7.64. The van der Waals surface area contributed by atoms with Gasteiger partial charge in [-0.2, -0.15) is 0 Å². The Kier molecular flexibility index (Phi) is 2.47. The van der Waals surface area contributed by atoms with Gasteiger partial charge in [-0.3, -0.25) is 0 Å². The molecule has 2 N–H and O–H groups in total. The maximum absolute atomic E-state index is 6.60. The Balaban J connectivity index is 1.92. The molecular formula is C16H29N. The van der Waals surface area contributed by atoms with E-state index < -0.39 is 0 Å². The first kappa shape index (κ1) is 12.0. The van der Waals surface area contributed by atoms with Crippen LogP contribution in [0, 0.1) is 22.2 Å². The lowest BCUT2D eigenvalue weighted by molar-refractivity contribution is -0.154. The highest BCUT2D eigenvalue weighted by atomic mass is 14.8.